The van der Waals surface area contributed by atoms with Crippen molar-refractivity contribution < 1.29 is 9.90 Å². The Hall–Kier alpha value is -1.55. The molecule has 2 rings (SSSR count). The molecule has 0 atom stereocenters. The van der Waals surface area contributed by atoms with Crippen molar-refractivity contribution in [2.45, 2.75) is 19.4 Å². The molecule has 1 aromatic carbocycles. The van der Waals surface area contributed by atoms with Gasteiger partial charge in [0.25, 0.3) is 0 Å². The Balaban J connectivity index is 1.90. The first-order valence-electron chi connectivity index (χ1n) is 5.54. The number of carbonyl (C=O) groups is 1. The zero-order chi connectivity index (χ0) is 11.4. The summed E-state index contributed by atoms with van der Waals surface area (Å²) < 4.78 is 0. The lowest BCUT2D eigenvalue weighted by molar-refractivity contribution is -0.136. The minimum atomic E-state index is -0.760. The summed E-state index contributed by atoms with van der Waals surface area (Å²) in [5, 5.41) is 15.0. The molecule has 0 saturated heterocycles. The van der Waals surface area contributed by atoms with Crippen LogP contribution in [-0.4, -0.2) is 24.2 Å². The van der Waals surface area contributed by atoms with Crippen molar-refractivity contribution in [2.24, 2.45) is 0 Å². The monoisotopic (exact) mass is 220 g/mol. The Morgan fingerprint density at radius 2 is 2.38 bits per heavy atom. The highest BCUT2D eigenvalue weighted by molar-refractivity contribution is 5.66. The number of hydrogen-bond donors (Lipinski definition) is 3. The molecule has 0 saturated carbocycles. The van der Waals surface area contributed by atoms with Gasteiger partial charge in [0.15, 0.2) is 0 Å². The standard InChI is InChI=1S/C12H16N2O2/c15-11(16)5-6-13-8-10-3-1-2-9-4-7-14-12(9)10/h1-3,13-14H,4-8H2,(H,15,16). The highest BCUT2D eigenvalue weighted by atomic mass is 16.4. The number of aliphatic carboxylic acids is 1. The van der Waals surface area contributed by atoms with E-state index in [0.29, 0.717) is 6.54 Å². The topological polar surface area (TPSA) is 61.4 Å². The molecule has 0 unspecified atom stereocenters. The van der Waals surface area contributed by atoms with Crippen LogP contribution in [0.25, 0.3) is 0 Å². The lowest BCUT2D eigenvalue weighted by Crippen LogP contribution is -2.18. The molecule has 4 heteroatoms. The summed E-state index contributed by atoms with van der Waals surface area (Å²) >= 11 is 0. The number of carboxylic acid groups (broad SMARTS) is 1. The van der Waals surface area contributed by atoms with Crippen LogP contribution in [0, 0.1) is 0 Å². The van der Waals surface area contributed by atoms with Crippen molar-refractivity contribution in [1.82, 2.24) is 5.32 Å². The van der Waals surface area contributed by atoms with E-state index >= 15 is 0 Å². The van der Waals surface area contributed by atoms with Gasteiger partial charge in [-0.15, -0.1) is 0 Å². The maximum Gasteiger partial charge on any atom is 0.304 e. The zero-order valence-electron chi connectivity index (χ0n) is 9.12. The SMILES string of the molecule is O=C(O)CCNCc1cccc2c1NCC2. The molecule has 1 aliphatic heterocycles. The summed E-state index contributed by atoms with van der Waals surface area (Å²) in [5.74, 6) is -0.760. The molecule has 16 heavy (non-hydrogen) atoms. The van der Waals surface area contributed by atoms with Gasteiger partial charge in [-0.25, -0.2) is 0 Å². The Morgan fingerprint density at radius 3 is 3.19 bits per heavy atom. The zero-order valence-corrected chi connectivity index (χ0v) is 9.12. The Morgan fingerprint density at radius 1 is 1.50 bits per heavy atom. The molecule has 0 aromatic heterocycles. The molecular formula is C12H16N2O2. The smallest absolute Gasteiger partial charge is 0.304 e. The van der Waals surface area contributed by atoms with E-state index in [4.69, 9.17) is 5.11 Å². The third-order valence-electron chi connectivity index (χ3n) is 2.76. The summed E-state index contributed by atoms with van der Waals surface area (Å²) in [6, 6.07) is 6.26. The Kier molecular flexibility index (Phi) is 3.41. The molecule has 4 nitrogen and oxygen atoms in total. The van der Waals surface area contributed by atoms with Crippen molar-refractivity contribution in [1.29, 1.82) is 0 Å². The second-order valence-electron chi connectivity index (χ2n) is 3.95. The number of nitrogens with one attached hydrogen (secondary N) is 2. The molecule has 0 aliphatic carbocycles. The van der Waals surface area contributed by atoms with Gasteiger partial charge in [0.2, 0.25) is 0 Å². The fourth-order valence-electron chi connectivity index (χ4n) is 1.98. The van der Waals surface area contributed by atoms with Crippen LogP contribution in [0.1, 0.15) is 17.5 Å². The predicted molar refractivity (Wildman–Crippen MR) is 62.6 cm³/mol. The van der Waals surface area contributed by atoms with Crippen LogP contribution in [0.3, 0.4) is 0 Å². The van der Waals surface area contributed by atoms with Gasteiger partial charge in [0.1, 0.15) is 0 Å². The van der Waals surface area contributed by atoms with Gasteiger partial charge in [-0.1, -0.05) is 18.2 Å². The molecule has 86 valence electrons. The maximum absolute atomic E-state index is 10.3. The first-order valence-corrected chi connectivity index (χ1v) is 5.54. The van der Waals surface area contributed by atoms with Gasteiger partial charge < -0.3 is 15.7 Å². The van der Waals surface area contributed by atoms with Crippen LogP contribution < -0.4 is 10.6 Å². The maximum atomic E-state index is 10.3. The second-order valence-corrected chi connectivity index (χ2v) is 3.95. The molecule has 1 heterocycles. The number of carboxylic acids is 1. The lowest BCUT2D eigenvalue weighted by Gasteiger charge is -2.09. The number of fused-ring (bicyclic) bond motifs is 1. The molecule has 0 radical (unpaired) electrons. The van der Waals surface area contributed by atoms with Crippen LogP contribution in [0.2, 0.25) is 0 Å². The van der Waals surface area contributed by atoms with Crippen LogP contribution in [0.15, 0.2) is 18.2 Å². The molecule has 0 spiro atoms. The first kappa shape index (κ1) is 11.0. The van der Waals surface area contributed by atoms with Gasteiger partial charge in [0.05, 0.1) is 6.42 Å². The summed E-state index contributed by atoms with van der Waals surface area (Å²) in [7, 11) is 0. The molecular weight excluding hydrogens is 204 g/mol. The number of anilines is 1. The highest BCUT2D eigenvalue weighted by Crippen LogP contribution is 2.25. The minimum absolute atomic E-state index is 0.169. The van der Waals surface area contributed by atoms with E-state index in [-0.39, 0.29) is 6.42 Å². The highest BCUT2D eigenvalue weighted by Gasteiger charge is 2.12. The Bertz CT molecular complexity index is 391. The molecule has 0 fully saturated rings. The van der Waals surface area contributed by atoms with Gasteiger partial charge in [-0.3, -0.25) is 4.79 Å². The van der Waals surface area contributed by atoms with Crippen LogP contribution in [0.5, 0.6) is 0 Å². The average molecular weight is 220 g/mol. The third kappa shape index (κ3) is 2.52. The second kappa shape index (κ2) is 4.99. The molecule has 0 amide bonds. The van der Waals surface area contributed by atoms with E-state index in [9.17, 15) is 4.79 Å². The fourth-order valence-corrected chi connectivity index (χ4v) is 1.98. The summed E-state index contributed by atoms with van der Waals surface area (Å²) in [6.07, 6.45) is 1.25. The fraction of sp³-hybridized carbons (Fsp3) is 0.417. The van der Waals surface area contributed by atoms with E-state index in [1.807, 2.05) is 0 Å². The Labute approximate surface area is 94.7 Å². The lowest BCUT2D eigenvalue weighted by atomic mass is 10.1. The number of rotatable bonds is 5. The average Bonchev–Trinajstić information content (AvgIpc) is 2.72. The van der Waals surface area contributed by atoms with Crippen LogP contribution >= 0.6 is 0 Å². The van der Waals surface area contributed by atoms with Crippen LogP contribution in [0.4, 0.5) is 5.69 Å². The van der Waals surface area contributed by atoms with Gasteiger partial charge >= 0.3 is 5.97 Å². The summed E-state index contributed by atoms with van der Waals surface area (Å²) in [4.78, 5) is 10.3. The number of hydrogen-bond acceptors (Lipinski definition) is 3. The molecule has 3 N–H and O–H groups in total. The molecule has 1 aromatic rings. The van der Waals surface area contributed by atoms with Crippen LogP contribution in [-0.2, 0) is 17.8 Å². The van der Waals surface area contributed by atoms with E-state index in [1.54, 1.807) is 0 Å². The van der Waals surface area contributed by atoms with Gasteiger partial charge in [0, 0.05) is 25.3 Å². The van der Waals surface area contributed by atoms with Gasteiger partial charge in [-0.05, 0) is 17.5 Å². The van der Waals surface area contributed by atoms with Gasteiger partial charge in [-0.2, -0.15) is 0 Å². The van der Waals surface area contributed by atoms with Crippen molar-refractivity contribution >= 4 is 11.7 Å². The predicted octanol–water partition coefficient (Wildman–Crippen LogP) is 1.22. The third-order valence-corrected chi connectivity index (χ3v) is 2.76. The molecule has 1 aliphatic rings. The van der Waals surface area contributed by atoms with Crippen molar-refractivity contribution in [3.63, 3.8) is 0 Å². The summed E-state index contributed by atoms with van der Waals surface area (Å²) in [5.41, 5.74) is 3.81. The quantitative estimate of drug-likeness (QED) is 0.653. The normalized spacial score (nSPS) is 13.2. The van der Waals surface area contributed by atoms with Crippen molar-refractivity contribution in [2.75, 3.05) is 18.4 Å². The van der Waals surface area contributed by atoms with E-state index in [1.165, 1.54) is 16.8 Å². The number of para-hydroxylation sites is 1. The van der Waals surface area contributed by atoms with E-state index in [0.717, 1.165) is 19.5 Å². The van der Waals surface area contributed by atoms with Crippen molar-refractivity contribution in [3.8, 4) is 0 Å². The van der Waals surface area contributed by atoms with Crippen molar-refractivity contribution in [3.05, 3.63) is 29.3 Å². The van der Waals surface area contributed by atoms with E-state index < -0.39 is 5.97 Å². The summed E-state index contributed by atoms with van der Waals surface area (Å²) in [6.45, 7) is 2.24. The number of benzene rings is 1. The largest absolute Gasteiger partial charge is 0.481 e. The molecule has 0 bridgehead atoms. The van der Waals surface area contributed by atoms with E-state index in [2.05, 4.69) is 28.8 Å². The first-order chi connectivity index (χ1) is 7.77. The minimum Gasteiger partial charge on any atom is -0.481 e.